The Kier molecular flexibility index (Phi) is 6.46. The summed E-state index contributed by atoms with van der Waals surface area (Å²) in [6, 6.07) is 1.26. The molecule has 0 bridgehead atoms. The first-order valence-electron chi connectivity index (χ1n) is 6.24. The maximum Gasteiger partial charge on any atom is 0.0125 e. The van der Waals surface area contributed by atoms with Gasteiger partial charge in [0.25, 0.3) is 0 Å². The van der Waals surface area contributed by atoms with Gasteiger partial charge in [-0.25, -0.2) is 0 Å². The fourth-order valence-electron chi connectivity index (χ4n) is 2.09. The quantitative estimate of drug-likeness (QED) is 0.731. The standard InChI is InChI=1S/C13H30N2/c1-8-15(11(2)3)10-9-12(14-7)13(4,5)6/h11-12,14H,8-10H2,1-7H3. The maximum absolute atomic E-state index is 3.43. The average Bonchev–Trinajstić information content (AvgIpc) is 2.09. The van der Waals surface area contributed by atoms with Crippen molar-refractivity contribution in [3.63, 3.8) is 0 Å². The van der Waals surface area contributed by atoms with Gasteiger partial charge in [-0.05, 0) is 45.8 Å². The molecule has 0 aliphatic rings. The van der Waals surface area contributed by atoms with Crippen LogP contribution in [0.15, 0.2) is 0 Å². The monoisotopic (exact) mass is 214 g/mol. The van der Waals surface area contributed by atoms with E-state index in [1.807, 2.05) is 0 Å². The molecule has 1 atom stereocenters. The molecule has 1 unspecified atom stereocenters. The Balaban J connectivity index is 4.10. The van der Waals surface area contributed by atoms with Crippen molar-refractivity contribution in [2.75, 3.05) is 20.1 Å². The van der Waals surface area contributed by atoms with Crippen LogP contribution < -0.4 is 5.32 Å². The van der Waals surface area contributed by atoms with Crippen molar-refractivity contribution in [2.45, 2.75) is 60.0 Å². The molecule has 2 nitrogen and oxygen atoms in total. The van der Waals surface area contributed by atoms with Gasteiger partial charge < -0.3 is 10.2 Å². The molecule has 0 saturated carbocycles. The third-order valence-corrected chi connectivity index (χ3v) is 3.24. The van der Waals surface area contributed by atoms with Crippen LogP contribution in [0.5, 0.6) is 0 Å². The Bertz CT molecular complexity index is 158. The van der Waals surface area contributed by atoms with Crippen LogP contribution in [0.3, 0.4) is 0 Å². The molecule has 0 aromatic rings. The van der Waals surface area contributed by atoms with Gasteiger partial charge in [0.05, 0.1) is 0 Å². The summed E-state index contributed by atoms with van der Waals surface area (Å²) in [5.74, 6) is 0. The van der Waals surface area contributed by atoms with E-state index in [1.165, 1.54) is 13.0 Å². The fourth-order valence-corrected chi connectivity index (χ4v) is 2.09. The van der Waals surface area contributed by atoms with Gasteiger partial charge in [0, 0.05) is 12.1 Å². The van der Waals surface area contributed by atoms with Gasteiger partial charge in [-0.2, -0.15) is 0 Å². The van der Waals surface area contributed by atoms with E-state index in [-0.39, 0.29) is 0 Å². The van der Waals surface area contributed by atoms with E-state index in [2.05, 4.69) is 58.8 Å². The van der Waals surface area contributed by atoms with Crippen LogP contribution in [0.25, 0.3) is 0 Å². The van der Waals surface area contributed by atoms with Crippen LogP contribution in [0, 0.1) is 5.41 Å². The smallest absolute Gasteiger partial charge is 0.0125 e. The van der Waals surface area contributed by atoms with Crippen LogP contribution >= 0.6 is 0 Å². The van der Waals surface area contributed by atoms with Crippen molar-refractivity contribution in [3.05, 3.63) is 0 Å². The predicted molar refractivity (Wildman–Crippen MR) is 69.3 cm³/mol. The molecule has 0 radical (unpaired) electrons. The van der Waals surface area contributed by atoms with Gasteiger partial charge >= 0.3 is 0 Å². The molecule has 1 N–H and O–H groups in total. The highest BCUT2D eigenvalue weighted by molar-refractivity contribution is 4.80. The second kappa shape index (κ2) is 6.49. The maximum atomic E-state index is 3.43. The zero-order valence-electron chi connectivity index (χ0n) is 11.7. The number of nitrogens with zero attached hydrogens (tertiary/aromatic N) is 1. The molecule has 15 heavy (non-hydrogen) atoms. The lowest BCUT2D eigenvalue weighted by atomic mass is 9.85. The van der Waals surface area contributed by atoms with Crippen LogP contribution in [0.2, 0.25) is 0 Å². The summed E-state index contributed by atoms with van der Waals surface area (Å²) in [7, 11) is 2.07. The van der Waals surface area contributed by atoms with Crippen molar-refractivity contribution in [3.8, 4) is 0 Å². The summed E-state index contributed by atoms with van der Waals surface area (Å²) in [5.41, 5.74) is 0.352. The van der Waals surface area contributed by atoms with Gasteiger partial charge in [0.2, 0.25) is 0 Å². The van der Waals surface area contributed by atoms with Crippen LogP contribution in [-0.2, 0) is 0 Å². The van der Waals surface area contributed by atoms with E-state index in [0.29, 0.717) is 17.5 Å². The minimum absolute atomic E-state index is 0.352. The van der Waals surface area contributed by atoms with E-state index in [0.717, 1.165) is 6.54 Å². The summed E-state index contributed by atoms with van der Waals surface area (Å²) < 4.78 is 0. The topological polar surface area (TPSA) is 15.3 Å². The van der Waals surface area contributed by atoms with Gasteiger partial charge in [0.1, 0.15) is 0 Å². The minimum Gasteiger partial charge on any atom is -0.316 e. The number of nitrogens with one attached hydrogen (secondary N) is 1. The Hall–Kier alpha value is -0.0800. The first-order valence-corrected chi connectivity index (χ1v) is 6.24. The Labute approximate surface area is 96.4 Å². The van der Waals surface area contributed by atoms with Crippen molar-refractivity contribution >= 4 is 0 Å². The summed E-state index contributed by atoms with van der Waals surface area (Å²) >= 11 is 0. The lowest BCUT2D eigenvalue weighted by molar-refractivity contribution is 0.189. The highest BCUT2D eigenvalue weighted by Crippen LogP contribution is 2.21. The third-order valence-electron chi connectivity index (χ3n) is 3.24. The summed E-state index contributed by atoms with van der Waals surface area (Å²) in [6.07, 6.45) is 1.23. The molecular weight excluding hydrogens is 184 g/mol. The minimum atomic E-state index is 0.352. The predicted octanol–water partition coefficient (Wildman–Crippen LogP) is 2.74. The van der Waals surface area contributed by atoms with Crippen LogP contribution in [0.4, 0.5) is 0 Å². The first-order chi connectivity index (χ1) is 6.82. The first kappa shape index (κ1) is 14.9. The van der Waals surface area contributed by atoms with Crippen molar-refractivity contribution in [2.24, 2.45) is 5.41 Å². The van der Waals surface area contributed by atoms with Crippen LogP contribution in [-0.4, -0.2) is 37.1 Å². The molecule has 0 aromatic carbocycles. The largest absolute Gasteiger partial charge is 0.316 e. The van der Waals surface area contributed by atoms with E-state index in [9.17, 15) is 0 Å². The summed E-state index contributed by atoms with van der Waals surface area (Å²) in [6.45, 7) is 16.0. The second-order valence-corrected chi connectivity index (χ2v) is 5.72. The van der Waals surface area contributed by atoms with Crippen molar-refractivity contribution < 1.29 is 0 Å². The number of hydrogen-bond donors (Lipinski definition) is 1. The zero-order valence-corrected chi connectivity index (χ0v) is 11.7. The number of hydrogen-bond acceptors (Lipinski definition) is 2. The lowest BCUT2D eigenvalue weighted by Gasteiger charge is -2.33. The molecule has 0 aromatic heterocycles. The van der Waals surface area contributed by atoms with Crippen molar-refractivity contribution in [1.29, 1.82) is 0 Å². The SMILES string of the molecule is CCN(CCC(NC)C(C)(C)C)C(C)C. The highest BCUT2D eigenvalue weighted by atomic mass is 15.1. The van der Waals surface area contributed by atoms with Gasteiger partial charge in [0.15, 0.2) is 0 Å². The Morgan fingerprint density at radius 1 is 1.20 bits per heavy atom. The fraction of sp³-hybridized carbons (Fsp3) is 1.00. The number of rotatable bonds is 6. The van der Waals surface area contributed by atoms with E-state index in [4.69, 9.17) is 0 Å². The van der Waals surface area contributed by atoms with E-state index in [1.54, 1.807) is 0 Å². The molecule has 0 saturated heterocycles. The normalized spacial score (nSPS) is 15.0. The van der Waals surface area contributed by atoms with Crippen molar-refractivity contribution in [1.82, 2.24) is 10.2 Å². The Morgan fingerprint density at radius 2 is 1.73 bits per heavy atom. The van der Waals surface area contributed by atoms with Gasteiger partial charge in [-0.1, -0.05) is 27.7 Å². The molecule has 92 valence electrons. The summed E-state index contributed by atoms with van der Waals surface area (Å²) in [5, 5.41) is 3.43. The Morgan fingerprint density at radius 3 is 2.00 bits per heavy atom. The molecule has 0 rings (SSSR count). The molecule has 0 aliphatic carbocycles. The molecule has 0 spiro atoms. The second-order valence-electron chi connectivity index (χ2n) is 5.72. The molecule has 0 heterocycles. The van der Waals surface area contributed by atoms with E-state index >= 15 is 0 Å². The molecular formula is C13H30N2. The lowest BCUT2D eigenvalue weighted by Crippen LogP contribution is -2.42. The summed E-state index contributed by atoms with van der Waals surface area (Å²) in [4.78, 5) is 2.52. The molecule has 2 heteroatoms. The molecule has 0 aliphatic heterocycles. The van der Waals surface area contributed by atoms with Crippen LogP contribution in [0.1, 0.15) is 48.0 Å². The average molecular weight is 214 g/mol. The van der Waals surface area contributed by atoms with E-state index < -0.39 is 0 Å². The third kappa shape index (κ3) is 5.53. The molecule has 0 fully saturated rings. The molecule has 0 amide bonds. The van der Waals surface area contributed by atoms with Gasteiger partial charge in [-0.3, -0.25) is 0 Å². The zero-order chi connectivity index (χ0) is 12.1. The van der Waals surface area contributed by atoms with Gasteiger partial charge in [-0.15, -0.1) is 0 Å². The highest BCUT2D eigenvalue weighted by Gasteiger charge is 2.23.